The van der Waals surface area contributed by atoms with E-state index in [1.165, 1.54) is 11.8 Å². The van der Waals surface area contributed by atoms with E-state index in [0.29, 0.717) is 34.7 Å². The molecule has 0 aromatic heterocycles. The summed E-state index contributed by atoms with van der Waals surface area (Å²) in [7, 11) is 1.61. The molecule has 0 spiro atoms. The minimum atomic E-state index is -0.631. The summed E-state index contributed by atoms with van der Waals surface area (Å²) in [5.41, 5.74) is 2.16. The summed E-state index contributed by atoms with van der Waals surface area (Å²) in [6.07, 6.45) is 0.971. The highest BCUT2D eigenvalue weighted by molar-refractivity contribution is 8.15. The van der Waals surface area contributed by atoms with Gasteiger partial charge in [-0.15, -0.1) is 0 Å². The van der Waals surface area contributed by atoms with Gasteiger partial charge in [0.1, 0.15) is 16.7 Å². The molecule has 0 aliphatic carbocycles. The highest BCUT2D eigenvalue weighted by atomic mass is 35.5. The predicted octanol–water partition coefficient (Wildman–Crippen LogP) is 6.30. The van der Waals surface area contributed by atoms with Crippen LogP contribution in [0.1, 0.15) is 25.3 Å². The number of nitrogens with one attached hydrogen (secondary N) is 1. The number of amides is 2. The van der Waals surface area contributed by atoms with Crippen molar-refractivity contribution in [3.63, 3.8) is 0 Å². The molecular weight excluding hydrogens is 510 g/mol. The van der Waals surface area contributed by atoms with Crippen molar-refractivity contribution in [2.75, 3.05) is 19.0 Å². The fourth-order valence-corrected chi connectivity index (χ4v) is 4.93. The Bertz CT molecular complexity index is 1270. The predicted molar refractivity (Wildman–Crippen MR) is 149 cm³/mol. The number of benzene rings is 3. The Kier molecular flexibility index (Phi) is 9.09. The van der Waals surface area contributed by atoms with E-state index in [4.69, 9.17) is 26.1 Å². The molecule has 3 aromatic rings. The summed E-state index contributed by atoms with van der Waals surface area (Å²) in [6.45, 7) is 3.00. The van der Waals surface area contributed by atoms with Crippen molar-refractivity contribution in [2.45, 2.75) is 31.6 Å². The van der Waals surface area contributed by atoms with E-state index in [1.807, 2.05) is 43.3 Å². The van der Waals surface area contributed by atoms with Crippen molar-refractivity contribution in [3.8, 4) is 11.5 Å². The van der Waals surface area contributed by atoms with Gasteiger partial charge in [0.05, 0.1) is 25.9 Å². The lowest BCUT2D eigenvalue weighted by Gasteiger charge is -2.32. The second-order valence-corrected chi connectivity index (χ2v) is 9.98. The largest absolute Gasteiger partial charge is 0.497 e. The van der Waals surface area contributed by atoms with Crippen LogP contribution in [0.4, 0.5) is 11.4 Å². The molecule has 3 aromatic carbocycles. The van der Waals surface area contributed by atoms with Crippen LogP contribution in [0.5, 0.6) is 11.5 Å². The summed E-state index contributed by atoms with van der Waals surface area (Å²) in [5, 5.41) is 3.26. The zero-order chi connectivity index (χ0) is 26.2. The van der Waals surface area contributed by atoms with E-state index in [1.54, 1.807) is 48.4 Å². The minimum absolute atomic E-state index is 0.0545. The van der Waals surface area contributed by atoms with Crippen LogP contribution in [0.2, 0.25) is 5.02 Å². The van der Waals surface area contributed by atoms with E-state index in [0.717, 1.165) is 23.5 Å². The summed E-state index contributed by atoms with van der Waals surface area (Å²) >= 11 is 7.42. The number of carbonyl (C=O) groups is 2. The molecule has 37 heavy (non-hydrogen) atoms. The van der Waals surface area contributed by atoms with Crippen LogP contribution in [0.25, 0.3) is 0 Å². The summed E-state index contributed by atoms with van der Waals surface area (Å²) in [6, 6.07) is 21.8. The summed E-state index contributed by atoms with van der Waals surface area (Å²) in [4.78, 5) is 32.7. The monoisotopic (exact) mass is 537 g/mol. The van der Waals surface area contributed by atoms with Crippen LogP contribution < -0.4 is 14.8 Å². The third kappa shape index (κ3) is 7.27. The Morgan fingerprint density at radius 2 is 1.84 bits per heavy atom. The number of amidine groups is 1. The highest BCUT2D eigenvalue weighted by Gasteiger charge is 2.36. The van der Waals surface area contributed by atoms with Crippen LogP contribution in [-0.2, 0) is 16.1 Å². The fraction of sp³-hybridized carbons (Fsp3) is 0.250. The number of thioether (sulfide) groups is 1. The highest BCUT2D eigenvalue weighted by Crippen LogP contribution is 2.32. The van der Waals surface area contributed by atoms with Gasteiger partial charge in [0.25, 0.3) is 0 Å². The molecule has 1 saturated heterocycles. The number of nitrogens with zero attached hydrogens (tertiary/aromatic N) is 2. The molecule has 4 rings (SSSR count). The first-order valence-electron chi connectivity index (χ1n) is 11.9. The Morgan fingerprint density at radius 1 is 1.11 bits per heavy atom. The van der Waals surface area contributed by atoms with Gasteiger partial charge in [0.15, 0.2) is 5.17 Å². The van der Waals surface area contributed by atoms with Gasteiger partial charge >= 0.3 is 0 Å². The average molecular weight is 538 g/mol. The SMILES string of the molecule is CCCOc1ccc(NC(=O)C2CC(=O)N(Cc3ccc(OC)cc3)C(=Nc3cccc(Cl)c3)S2)cc1. The molecule has 1 aliphatic heterocycles. The van der Waals surface area contributed by atoms with E-state index < -0.39 is 5.25 Å². The first-order valence-corrected chi connectivity index (χ1v) is 13.2. The second kappa shape index (κ2) is 12.7. The Hall–Kier alpha value is -3.49. The van der Waals surface area contributed by atoms with Gasteiger partial charge in [-0.2, -0.15) is 0 Å². The van der Waals surface area contributed by atoms with E-state index in [2.05, 4.69) is 5.32 Å². The van der Waals surface area contributed by atoms with Crippen LogP contribution >= 0.6 is 23.4 Å². The first-order chi connectivity index (χ1) is 17.9. The first kappa shape index (κ1) is 26.6. The molecule has 1 fully saturated rings. The normalized spacial score (nSPS) is 16.5. The van der Waals surface area contributed by atoms with Gasteiger partial charge in [-0.1, -0.05) is 48.5 Å². The topological polar surface area (TPSA) is 80.2 Å². The van der Waals surface area contributed by atoms with Gasteiger partial charge in [0, 0.05) is 17.1 Å². The molecule has 0 bridgehead atoms. The van der Waals surface area contributed by atoms with Gasteiger partial charge in [-0.3, -0.25) is 14.5 Å². The molecular formula is C28H28ClN3O4S. The number of hydrogen-bond acceptors (Lipinski definition) is 6. The number of anilines is 1. The third-order valence-corrected chi connectivity index (χ3v) is 6.98. The smallest absolute Gasteiger partial charge is 0.238 e. The van der Waals surface area contributed by atoms with Crippen molar-refractivity contribution in [1.82, 2.24) is 4.90 Å². The fourth-order valence-electron chi connectivity index (χ4n) is 3.64. The van der Waals surface area contributed by atoms with Gasteiger partial charge in [-0.05, 0) is 66.6 Å². The summed E-state index contributed by atoms with van der Waals surface area (Å²) < 4.78 is 10.8. The quantitative estimate of drug-likeness (QED) is 0.346. The Labute approximate surface area is 225 Å². The second-order valence-electron chi connectivity index (χ2n) is 8.37. The van der Waals surface area contributed by atoms with E-state index in [9.17, 15) is 9.59 Å². The molecule has 1 aliphatic rings. The van der Waals surface area contributed by atoms with Crippen LogP contribution in [0.3, 0.4) is 0 Å². The Balaban J connectivity index is 1.53. The van der Waals surface area contributed by atoms with Gasteiger partial charge < -0.3 is 14.8 Å². The van der Waals surface area contributed by atoms with E-state index >= 15 is 0 Å². The number of ether oxygens (including phenoxy) is 2. The zero-order valence-electron chi connectivity index (χ0n) is 20.6. The molecule has 0 radical (unpaired) electrons. The van der Waals surface area contributed by atoms with Crippen molar-refractivity contribution in [3.05, 3.63) is 83.4 Å². The molecule has 2 amide bonds. The van der Waals surface area contributed by atoms with E-state index in [-0.39, 0.29) is 18.2 Å². The van der Waals surface area contributed by atoms with Crippen molar-refractivity contribution in [2.24, 2.45) is 4.99 Å². The molecule has 7 nitrogen and oxygen atoms in total. The molecule has 9 heteroatoms. The minimum Gasteiger partial charge on any atom is -0.497 e. The number of rotatable bonds is 9. The van der Waals surface area contributed by atoms with Crippen LogP contribution in [-0.4, -0.2) is 40.8 Å². The lowest BCUT2D eigenvalue weighted by Crippen LogP contribution is -2.44. The number of carbonyl (C=O) groups excluding carboxylic acids is 2. The van der Waals surface area contributed by atoms with Crippen LogP contribution in [0, 0.1) is 0 Å². The number of halogens is 1. The zero-order valence-corrected chi connectivity index (χ0v) is 22.2. The maximum atomic E-state index is 13.3. The van der Waals surface area contributed by atoms with Crippen molar-refractivity contribution >= 4 is 51.7 Å². The van der Waals surface area contributed by atoms with Gasteiger partial charge in [-0.25, -0.2) is 4.99 Å². The van der Waals surface area contributed by atoms with Crippen LogP contribution in [0.15, 0.2) is 77.8 Å². The molecule has 1 unspecified atom stereocenters. The maximum absolute atomic E-state index is 13.3. The third-order valence-electron chi connectivity index (χ3n) is 5.56. The molecule has 192 valence electrons. The Morgan fingerprint density at radius 3 is 2.51 bits per heavy atom. The maximum Gasteiger partial charge on any atom is 0.238 e. The number of methoxy groups -OCH3 is 1. The van der Waals surface area contributed by atoms with Gasteiger partial charge in [0.2, 0.25) is 11.8 Å². The van der Waals surface area contributed by atoms with Crippen molar-refractivity contribution in [1.29, 1.82) is 0 Å². The van der Waals surface area contributed by atoms with Crippen molar-refractivity contribution < 1.29 is 19.1 Å². The standard InChI is InChI=1S/C28H28ClN3O4S/c1-3-15-36-24-13-9-21(10-14-24)30-27(34)25-17-26(33)32(18-19-7-11-23(35-2)12-8-19)28(37-25)31-22-6-4-5-20(29)16-22/h4-14,16,25H,3,15,17-18H2,1-2H3,(H,30,34). The lowest BCUT2D eigenvalue weighted by molar-refractivity contribution is -0.129. The molecule has 1 heterocycles. The average Bonchev–Trinajstić information content (AvgIpc) is 2.90. The molecule has 1 atom stereocenters. The number of aliphatic imine (C=N–C) groups is 1. The summed E-state index contributed by atoms with van der Waals surface area (Å²) in [5.74, 6) is 1.03. The number of hydrogen-bond donors (Lipinski definition) is 1. The molecule has 1 N–H and O–H groups in total. The lowest BCUT2D eigenvalue weighted by atomic mass is 10.2. The molecule has 0 saturated carbocycles.